The topological polar surface area (TPSA) is 106 Å². The van der Waals surface area contributed by atoms with Gasteiger partial charge in [-0.25, -0.2) is 0 Å². The largest absolute Gasteiger partial charge is 0.492 e. The second-order valence-electron chi connectivity index (χ2n) is 5.24. The standard InChI is InChI=1S/C13H18N4O3S/c14-13-12-10(16-21(18,19)17-13)2-1-3-11(12)20-8-9-4-6-15-7-5-9/h1-3,9,15-16H,4-8H2,(H2,14,17). The Labute approximate surface area is 123 Å². The van der Waals surface area contributed by atoms with Crippen molar-refractivity contribution in [3.05, 3.63) is 23.8 Å². The highest BCUT2D eigenvalue weighted by Gasteiger charge is 2.24. The van der Waals surface area contributed by atoms with Crippen LogP contribution in [0.25, 0.3) is 0 Å². The predicted octanol–water partition coefficient (Wildman–Crippen LogP) is 0.441. The normalized spacial score (nSPS) is 21.0. The molecular weight excluding hydrogens is 292 g/mol. The molecular formula is C13H18N4O3S. The quantitative estimate of drug-likeness (QED) is 0.751. The molecule has 2 aliphatic rings. The van der Waals surface area contributed by atoms with Crippen molar-refractivity contribution in [1.82, 2.24) is 5.32 Å². The average Bonchev–Trinajstić information content (AvgIpc) is 2.44. The van der Waals surface area contributed by atoms with Gasteiger partial charge in [-0.3, -0.25) is 4.72 Å². The van der Waals surface area contributed by atoms with Gasteiger partial charge in [0, 0.05) is 0 Å². The zero-order valence-corrected chi connectivity index (χ0v) is 12.3. The molecule has 1 aromatic carbocycles. The van der Waals surface area contributed by atoms with E-state index in [0.29, 0.717) is 29.5 Å². The Hall–Kier alpha value is -1.80. The molecule has 0 spiro atoms. The smallest absolute Gasteiger partial charge is 0.344 e. The van der Waals surface area contributed by atoms with Crippen LogP contribution in [0, 0.1) is 5.92 Å². The van der Waals surface area contributed by atoms with E-state index in [1.165, 1.54) is 0 Å². The van der Waals surface area contributed by atoms with Crippen LogP contribution in [0.1, 0.15) is 18.4 Å². The zero-order chi connectivity index (χ0) is 14.9. The molecule has 1 aromatic rings. The monoisotopic (exact) mass is 310 g/mol. The minimum atomic E-state index is -3.75. The summed E-state index contributed by atoms with van der Waals surface area (Å²) in [5.41, 5.74) is 6.70. The number of hydrogen-bond donors (Lipinski definition) is 3. The summed E-state index contributed by atoms with van der Waals surface area (Å²) >= 11 is 0. The lowest BCUT2D eigenvalue weighted by atomic mass is 9.99. The van der Waals surface area contributed by atoms with Crippen molar-refractivity contribution in [2.75, 3.05) is 24.4 Å². The number of rotatable bonds is 3. The number of hydrogen-bond acceptors (Lipinski definition) is 5. The summed E-state index contributed by atoms with van der Waals surface area (Å²) in [5, 5.41) is 3.31. The van der Waals surface area contributed by atoms with Gasteiger partial charge >= 0.3 is 10.2 Å². The maximum atomic E-state index is 11.5. The van der Waals surface area contributed by atoms with Crippen LogP contribution in [-0.4, -0.2) is 33.9 Å². The molecule has 3 rings (SSSR count). The van der Waals surface area contributed by atoms with E-state index in [1.807, 2.05) is 0 Å². The van der Waals surface area contributed by atoms with Crippen molar-refractivity contribution in [1.29, 1.82) is 0 Å². The van der Waals surface area contributed by atoms with Gasteiger partial charge in [-0.1, -0.05) is 6.07 Å². The third-order valence-corrected chi connectivity index (χ3v) is 4.59. The van der Waals surface area contributed by atoms with E-state index in [2.05, 4.69) is 14.4 Å². The van der Waals surface area contributed by atoms with Crippen molar-refractivity contribution < 1.29 is 13.2 Å². The Morgan fingerprint density at radius 3 is 2.86 bits per heavy atom. The highest BCUT2D eigenvalue weighted by atomic mass is 32.2. The van der Waals surface area contributed by atoms with Crippen molar-refractivity contribution in [2.24, 2.45) is 16.0 Å². The van der Waals surface area contributed by atoms with Crippen LogP contribution >= 0.6 is 0 Å². The summed E-state index contributed by atoms with van der Waals surface area (Å²) in [6.07, 6.45) is 2.15. The number of nitrogens with two attached hydrogens (primary N) is 1. The van der Waals surface area contributed by atoms with E-state index < -0.39 is 10.2 Å². The molecule has 4 N–H and O–H groups in total. The van der Waals surface area contributed by atoms with Gasteiger partial charge in [0.25, 0.3) is 0 Å². The van der Waals surface area contributed by atoms with Crippen LogP contribution in [0.5, 0.6) is 5.75 Å². The Morgan fingerprint density at radius 2 is 2.10 bits per heavy atom. The van der Waals surface area contributed by atoms with Crippen LogP contribution in [0.15, 0.2) is 22.6 Å². The number of anilines is 1. The average molecular weight is 310 g/mol. The molecule has 8 heteroatoms. The highest BCUT2D eigenvalue weighted by Crippen LogP contribution is 2.31. The maximum Gasteiger partial charge on any atom is 0.344 e. The lowest BCUT2D eigenvalue weighted by molar-refractivity contribution is 0.215. The van der Waals surface area contributed by atoms with Crippen LogP contribution in [0.2, 0.25) is 0 Å². The molecule has 2 aliphatic heterocycles. The van der Waals surface area contributed by atoms with Crippen molar-refractivity contribution in [3.63, 3.8) is 0 Å². The first-order valence-corrected chi connectivity index (χ1v) is 8.34. The first-order chi connectivity index (χ1) is 10.1. The second kappa shape index (κ2) is 5.53. The SMILES string of the molecule is NC1=NS(=O)(=O)Nc2cccc(OCC3CCNCC3)c21. The Bertz CT molecular complexity index is 666. The number of nitrogens with one attached hydrogen (secondary N) is 2. The molecule has 0 aromatic heterocycles. The summed E-state index contributed by atoms with van der Waals surface area (Å²) in [4.78, 5) is 0. The van der Waals surface area contributed by atoms with E-state index >= 15 is 0 Å². The van der Waals surface area contributed by atoms with E-state index in [-0.39, 0.29) is 5.84 Å². The van der Waals surface area contributed by atoms with E-state index in [9.17, 15) is 8.42 Å². The minimum absolute atomic E-state index is 0.0374. The molecule has 1 fully saturated rings. The summed E-state index contributed by atoms with van der Waals surface area (Å²) in [5.74, 6) is 1.03. The lowest BCUT2D eigenvalue weighted by Gasteiger charge is -2.24. The number of benzene rings is 1. The summed E-state index contributed by atoms with van der Waals surface area (Å²) < 4.78 is 34.7. The highest BCUT2D eigenvalue weighted by molar-refractivity contribution is 7.91. The molecule has 114 valence electrons. The van der Waals surface area contributed by atoms with Crippen LogP contribution in [0.3, 0.4) is 0 Å². The second-order valence-corrected chi connectivity index (χ2v) is 6.57. The molecule has 0 bridgehead atoms. The molecule has 0 amide bonds. The molecule has 0 atom stereocenters. The van der Waals surface area contributed by atoms with Crippen LogP contribution < -0.4 is 20.5 Å². The van der Waals surface area contributed by atoms with Gasteiger partial charge in [0.15, 0.2) is 5.84 Å². The van der Waals surface area contributed by atoms with Gasteiger partial charge in [0.2, 0.25) is 0 Å². The summed E-state index contributed by atoms with van der Waals surface area (Å²) in [7, 11) is -3.75. The number of ether oxygens (including phenoxy) is 1. The molecule has 1 saturated heterocycles. The number of fused-ring (bicyclic) bond motifs is 1. The van der Waals surface area contributed by atoms with Crippen molar-refractivity contribution in [3.8, 4) is 5.75 Å². The van der Waals surface area contributed by atoms with Gasteiger partial charge in [-0.2, -0.15) is 8.42 Å². The van der Waals surface area contributed by atoms with E-state index in [4.69, 9.17) is 10.5 Å². The third-order valence-electron chi connectivity index (χ3n) is 3.67. The van der Waals surface area contributed by atoms with Gasteiger partial charge in [-0.15, -0.1) is 4.40 Å². The fraction of sp³-hybridized carbons (Fsp3) is 0.462. The third kappa shape index (κ3) is 3.11. The van der Waals surface area contributed by atoms with Gasteiger partial charge in [-0.05, 0) is 44.0 Å². The number of amidine groups is 1. The summed E-state index contributed by atoms with van der Waals surface area (Å²) in [6.45, 7) is 2.60. The number of nitrogens with zero attached hydrogens (tertiary/aromatic N) is 1. The van der Waals surface area contributed by atoms with Crippen molar-refractivity contribution in [2.45, 2.75) is 12.8 Å². The van der Waals surface area contributed by atoms with Crippen LogP contribution in [0.4, 0.5) is 5.69 Å². The van der Waals surface area contributed by atoms with E-state index in [1.54, 1.807) is 18.2 Å². The molecule has 7 nitrogen and oxygen atoms in total. The van der Waals surface area contributed by atoms with Gasteiger partial charge < -0.3 is 15.8 Å². The zero-order valence-electron chi connectivity index (χ0n) is 11.5. The fourth-order valence-electron chi connectivity index (χ4n) is 2.59. The molecule has 0 unspecified atom stereocenters. The Balaban J connectivity index is 1.81. The molecule has 0 aliphatic carbocycles. The van der Waals surface area contributed by atoms with E-state index in [0.717, 1.165) is 25.9 Å². The van der Waals surface area contributed by atoms with Crippen molar-refractivity contribution >= 4 is 21.7 Å². The molecule has 0 saturated carbocycles. The first-order valence-electron chi connectivity index (χ1n) is 6.90. The van der Waals surface area contributed by atoms with Gasteiger partial charge in [0.1, 0.15) is 5.75 Å². The lowest BCUT2D eigenvalue weighted by Crippen LogP contribution is -2.31. The minimum Gasteiger partial charge on any atom is -0.492 e. The summed E-state index contributed by atoms with van der Waals surface area (Å²) in [6, 6.07) is 5.16. The Kier molecular flexibility index (Phi) is 3.73. The van der Waals surface area contributed by atoms with Crippen LogP contribution in [-0.2, 0) is 10.2 Å². The molecule has 0 radical (unpaired) electrons. The molecule has 21 heavy (non-hydrogen) atoms. The maximum absolute atomic E-state index is 11.5. The predicted molar refractivity (Wildman–Crippen MR) is 80.8 cm³/mol. The first kappa shape index (κ1) is 14.2. The molecule has 2 heterocycles. The van der Waals surface area contributed by atoms with Gasteiger partial charge in [0.05, 0.1) is 17.9 Å². The number of piperidine rings is 1. The Morgan fingerprint density at radius 1 is 1.33 bits per heavy atom. The fourth-order valence-corrected chi connectivity index (χ4v) is 3.44.